The normalized spacial score (nSPS) is 15.5. The van der Waals surface area contributed by atoms with Crippen molar-refractivity contribution < 1.29 is 32.9 Å². The first-order chi connectivity index (χ1) is 19.2. The van der Waals surface area contributed by atoms with Crippen molar-refractivity contribution in [3.8, 4) is 0 Å². The Labute approximate surface area is 253 Å². The van der Waals surface area contributed by atoms with Gasteiger partial charge in [0.05, 0.1) is 27.2 Å². The molecule has 0 aliphatic carbocycles. The summed E-state index contributed by atoms with van der Waals surface area (Å²) >= 11 is 0. The third-order valence-electron chi connectivity index (χ3n) is 7.92. The van der Waals surface area contributed by atoms with Crippen LogP contribution >= 0.6 is 7.82 Å². The van der Waals surface area contributed by atoms with Crippen LogP contribution in [-0.4, -0.2) is 66.2 Å². The number of hydrogen-bond acceptors (Lipinski definition) is 4. The minimum atomic E-state index is -4.86. The molecule has 9 heteroatoms. The zero-order valence-corrected chi connectivity index (χ0v) is 28.6. The standard InChI is InChI=1S/C32H67N2O6P/c1-7-9-11-13-15-16-17-19-21-23-25-39-29(3)27-32(28-34(4,5)6,40-41(36,37)38)30(26-31(33)35)24-22-20-18-14-12-10-8-2/h29-30H,7-28H2,1-6H3,(H3-,33,35,36,37,38)/p+1. The van der Waals surface area contributed by atoms with Gasteiger partial charge in [0.1, 0.15) is 12.1 Å². The number of primary amides is 1. The second kappa shape index (κ2) is 23.0. The molecule has 0 aliphatic rings. The number of likely N-dealkylation sites (N-methyl/N-ethyl adjacent to an activating group) is 1. The lowest BCUT2D eigenvalue weighted by Crippen LogP contribution is -2.56. The second-order valence-corrected chi connectivity index (χ2v) is 14.6. The summed E-state index contributed by atoms with van der Waals surface area (Å²) in [4.78, 5) is 32.3. The maximum Gasteiger partial charge on any atom is 0.470 e. The van der Waals surface area contributed by atoms with Gasteiger partial charge in [0.2, 0.25) is 5.91 Å². The molecule has 4 N–H and O–H groups in total. The molecule has 0 saturated carbocycles. The van der Waals surface area contributed by atoms with Gasteiger partial charge in [-0.25, -0.2) is 4.57 Å². The van der Waals surface area contributed by atoms with Crippen LogP contribution in [0, 0.1) is 5.92 Å². The average molecular weight is 608 g/mol. The van der Waals surface area contributed by atoms with Crippen molar-refractivity contribution in [2.75, 3.05) is 34.3 Å². The van der Waals surface area contributed by atoms with Crippen LogP contribution < -0.4 is 5.73 Å². The molecular weight excluding hydrogens is 539 g/mol. The maximum absolute atomic E-state index is 12.3. The fourth-order valence-corrected chi connectivity index (χ4v) is 6.86. The number of quaternary nitrogens is 1. The molecule has 8 nitrogen and oxygen atoms in total. The molecular formula is C32H68N2O6P+. The van der Waals surface area contributed by atoms with Crippen LogP contribution in [0.5, 0.6) is 0 Å². The molecule has 3 unspecified atom stereocenters. The van der Waals surface area contributed by atoms with E-state index in [2.05, 4.69) is 13.8 Å². The Balaban J connectivity index is 5.28. The van der Waals surface area contributed by atoms with Crippen LogP contribution in [0.1, 0.15) is 149 Å². The summed E-state index contributed by atoms with van der Waals surface area (Å²) in [6.07, 6.45) is 21.0. The van der Waals surface area contributed by atoms with Crippen molar-refractivity contribution in [3.63, 3.8) is 0 Å². The first-order valence-corrected chi connectivity index (χ1v) is 18.2. The van der Waals surface area contributed by atoms with E-state index in [-0.39, 0.29) is 12.5 Å². The molecule has 0 aromatic carbocycles. The van der Waals surface area contributed by atoms with Crippen molar-refractivity contribution in [2.24, 2.45) is 11.7 Å². The zero-order chi connectivity index (χ0) is 31.2. The van der Waals surface area contributed by atoms with E-state index in [0.717, 1.165) is 32.1 Å². The Morgan fingerprint density at radius 2 is 1.24 bits per heavy atom. The Hall–Kier alpha value is -0.500. The number of ether oxygens (including phenoxy) is 1. The molecule has 0 aromatic heterocycles. The van der Waals surface area contributed by atoms with E-state index >= 15 is 0 Å². The predicted molar refractivity (Wildman–Crippen MR) is 171 cm³/mol. The number of carbonyl (C=O) groups excluding carboxylic acids is 1. The third kappa shape index (κ3) is 23.6. The summed E-state index contributed by atoms with van der Waals surface area (Å²) in [6, 6.07) is 0. The van der Waals surface area contributed by atoms with Crippen molar-refractivity contribution in [1.29, 1.82) is 0 Å². The van der Waals surface area contributed by atoms with Crippen LogP contribution in [-0.2, 0) is 18.6 Å². The molecule has 246 valence electrons. The number of amides is 1. The van der Waals surface area contributed by atoms with Gasteiger partial charge in [-0.05, 0) is 19.8 Å². The number of rotatable bonds is 29. The number of carbonyl (C=O) groups is 1. The molecule has 41 heavy (non-hydrogen) atoms. The van der Waals surface area contributed by atoms with E-state index < -0.39 is 25.2 Å². The average Bonchev–Trinajstić information content (AvgIpc) is 2.83. The van der Waals surface area contributed by atoms with E-state index in [1.54, 1.807) is 0 Å². The zero-order valence-electron chi connectivity index (χ0n) is 27.7. The number of nitrogens with zero attached hydrogens (tertiary/aromatic N) is 1. The molecule has 0 radical (unpaired) electrons. The molecule has 1 amide bonds. The van der Waals surface area contributed by atoms with Crippen LogP contribution in [0.2, 0.25) is 0 Å². The molecule has 0 spiro atoms. The van der Waals surface area contributed by atoms with Crippen LogP contribution in [0.3, 0.4) is 0 Å². The molecule has 0 saturated heterocycles. The topological polar surface area (TPSA) is 119 Å². The lowest BCUT2D eigenvalue weighted by atomic mass is 9.77. The molecule has 0 aromatic rings. The summed E-state index contributed by atoms with van der Waals surface area (Å²) in [5.74, 6) is -0.888. The Bertz CT molecular complexity index is 696. The molecule has 0 fully saturated rings. The van der Waals surface area contributed by atoms with Gasteiger partial charge >= 0.3 is 7.82 Å². The van der Waals surface area contributed by atoms with Crippen LogP contribution in [0.25, 0.3) is 0 Å². The highest BCUT2D eigenvalue weighted by Crippen LogP contribution is 2.49. The van der Waals surface area contributed by atoms with E-state index in [1.165, 1.54) is 77.0 Å². The van der Waals surface area contributed by atoms with E-state index in [9.17, 15) is 19.1 Å². The lowest BCUT2D eigenvalue weighted by molar-refractivity contribution is -0.877. The predicted octanol–water partition coefficient (Wildman–Crippen LogP) is 7.89. The first-order valence-electron chi connectivity index (χ1n) is 16.7. The SMILES string of the molecule is CCCCCCCCCCCCOC(C)CC(C[N+](C)(C)C)(OP(=O)(O)O)C(CCCCCCCCC)CC(N)=O. The second-order valence-electron chi connectivity index (χ2n) is 13.4. The Kier molecular flexibility index (Phi) is 22.7. The summed E-state index contributed by atoms with van der Waals surface area (Å²) < 4.78 is 24.7. The van der Waals surface area contributed by atoms with Gasteiger partial charge in [0, 0.05) is 25.4 Å². The van der Waals surface area contributed by atoms with E-state index in [1.807, 2.05) is 28.1 Å². The highest BCUT2D eigenvalue weighted by Gasteiger charge is 2.49. The van der Waals surface area contributed by atoms with Crippen molar-refractivity contribution in [2.45, 2.75) is 161 Å². The van der Waals surface area contributed by atoms with Crippen molar-refractivity contribution in [1.82, 2.24) is 0 Å². The van der Waals surface area contributed by atoms with Crippen LogP contribution in [0.4, 0.5) is 0 Å². The minimum absolute atomic E-state index is 0.0288. The number of unbranched alkanes of at least 4 members (excludes halogenated alkanes) is 15. The smallest absolute Gasteiger partial charge is 0.378 e. The van der Waals surface area contributed by atoms with Gasteiger partial charge in [0.15, 0.2) is 0 Å². The highest BCUT2D eigenvalue weighted by molar-refractivity contribution is 7.46. The first kappa shape index (κ1) is 40.5. The van der Waals surface area contributed by atoms with Gasteiger partial charge in [-0.1, -0.05) is 117 Å². The summed E-state index contributed by atoms with van der Waals surface area (Å²) in [5.41, 5.74) is 4.44. The molecule has 0 heterocycles. The fraction of sp³-hybridized carbons (Fsp3) is 0.969. The Morgan fingerprint density at radius 3 is 1.66 bits per heavy atom. The fourth-order valence-electron chi connectivity index (χ4n) is 6.10. The van der Waals surface area contributed by atoms with Crippen molar-refractivity contribution in [3.05, 3.63) is 0 Å². The lowest BCUT2D eigenvalue weighted by Gasteiger charge is -2.44. The monoisotopic (exact) mass is 607 g/mol. The third-order valence-corrected chi connectivity index (χ3v) is 8.53. The highest BCUT2D eigenvalue weighted by atomic mass is 31.2. The summed E-state index contributed by atoms with van der Waals surface area (Å²) in [6.45, 7) is 7.32. The van der Waals surface area contributed by atoms with Gasteiger partial charge in [-0.2, -0.15) is 0 Å². The van der Waals surface area contributed by atoms with Gasteiger partial charge in [0.25, 0.3) is 0 Å². The van der Waals surface area contributed by atoms with Gasteiger partial charge < -0.3 is 24.7 Å². The largest absolute Gasteiger partial charge is 0.470 e. The maximum atomic E-state index is 12.3. The van der Waals surface area contributed by atoms with Crippen molar-refractivity contribution >= 4 is 13.7 Å². The quantitative estimate of drug-likeness (QED) is 0.0452. The minimum Gasteiger partial charge on any atom is -0.378 e. The van der Waals surface area contributed by atoms with Gasteiger partial charge in [-0.15, -0.1) is 0 Å². The molecule has 0 aliphatic heterocycles. The molecule has 3 atom stereocenters. The van der Waals surface area contributed by atoms with E-state index in [0.29, 0.717) is 30.5 Å². The number of phosphoric acid groups is 1. The summed E-state index contributed by atoms with van der Waals surface area (Å²) in [7, 11) is 1.06. The summed E-state index contributed by atoms with van der Waals surface area (Å²) in [5, 5.41) is 0. The van der Waals surface area contributed by atoms with E-state index in [4.69, 9.17) is 15.0 Å². The number of phosphoric ester groups is 1. The molecule has 0 rings (SSSR count). The number of nitrogens with two attached hydrogens (primary N) is 1. The molecule has 0 bridgehead atoms. The Morgan fingerprint density at radius 1 is 0.805 bits per heavy atom. The number of hydrogen-bond donors (Lipinski definition) is 3. The van der Waals surface area contributed by atoms with Crippen LogP contribution in [0.15, 0.2) is 0 Å². The van der Waals surface area contributed by atoms with Gasteiger partial charge in [-0.3, -0.25) is 9.32 Å².